The highest BCUT2D eigenvalue weighted by Crippen LogP contribution is 2.11. The van der Waals surface area contributed by atoms with Crippen LogP contribution in [0.4, 0.5) is 5.82 Å². The highest BCUT2D eigenvalue weighted by atomic mass is 16.2. The number of carbonyl (C=O) groups is 1. The Bertz CT molecular complexity index is 375. The summed E-state index contributed by atoms with van der Waals surface area (Å²) in [5.41, 5.74) is 0.652. The van der Waals surface area contributed by atoms with Crippen LogP contribution in [0, 0.1) is 0 Å². The average Bonchev–Trinajstić information content (AvgIpc) is 2.40. The molecule has 18 heavy (non-hydrogen) atoms. The maximum atomic E-state index is 12.3. The third-order valence-corrected chi connectivity index (χ3v) is 3.09. The largest absolute Gasteiger partial charge is 0.370 e. The highest BCUT2D eigenvalue weighted by molar-refractivity contribution is 5.94. The normalized spacial score (nSPS) is 12.0. The Hall–Kier alpha value is -1.58. The number of carbonyl (C=O) groups excluding carboxylic acids is 1. The fourth-order valence-electron chi connectivity index (χ4n) is 1.85. The van der Waals surface area contributed by atoms with Gasteiger partial charge in [0.1, 0.15) is 5.82 Å². The average molecular weight is 249 g/mol. The SMILES string of the molecule is CCNc1ccc(C(=O)N(CC)C(C)CC)cn1. The number of pyridine rings is 1. The van der Waals surface area contributed by atoms with E-state index in [0.29, 0.717) is 5.56 Å². The van der Waals surface area contributed by atoms with Gasteiger partial charge in [0.25, 0.3) is 5.91 Å². The van der Waals surface area contributed by atoms with E-state index in [1.54, 1.807) is 6.20 Å². The van der Waals surface area contributed by atoms with Gasteiger partial charge in [-0.15, -0.1) is 0 Å². The van der Waals surface area contributed by atoms with Crippen molar-refractivity contribution in [3.8, 4) is 0 Å². The summed E-state index contributed by atoms with van der Waals surface area (Å²) in [6, 6.07) is 3.94. The molecule has 0 aliphatic rings. The Balaban J connectivity index is 2.82. The molecule has 0 radical (unpaired) electrons. The molecule has 0 fully saturated rings. The summed E-state index contributed by atoms with van der Waals surface area (Å²) in [6.07, 6.45) is 2.61. The van der Waals surface area contributed by atoms with Crippen molar-refractivity contribution in [2.75, 3.05) is 18.4 Å². The molecule has 0 saturated heterocycles. The predicted octanol–water partition coefficient (Wildman–Crippen LogP) is 2.77. The number of amides is 1. The topological polar surface area (TPSA) is 45.2 Å². The number of nitrogens with one attached hydrogen (secondary N) is 1. The van der Waals surface area contributed by atoms with Gasteiger partial charge < -0.3 is 10.2 Å². The summed E-state index contributed by atoms with van der Waals surface area (Å²) < 4.78 is 0. The zero-order valence-electron chi connectivity index (χ0n) is 11.7. The van der Waals surface area contributed by atoms with Gasteiger partial charge in [-0.1, -0.05) is 6.92 Å². The van der Waals surface area contributed by atoms with E-state index in [-0.39, 0.29) is 11.9 Å². The Morgan fingerprint density at radius 3 is 2.56 bits per heavy atom. The van der Waals surface area contributed by atoms with Gasteiger partial charge in [-0.05, 0) is 39.3 Å². The number of anilines is 1. The fraction of sp³-hybridized carbons (Fsp3) is 0.571. The van der Waals surface area contributed by atoms with Crippen LogP contribution in [0.2, 0.25) is 0 Å². The molecule has 1 unspecified atom stereocenters. The van der Waals surface area contributed by atoms with E-state index in [4.69, 9.17) is 0 Å². The molecular formula is C14H23N3O. The maximum Gasteiger partial charge on any atom is 0.255 e. The minimum Gasteiger partial charge on any atom is -0.370 e. The van der Waals surface area contributed by atoms with Crippen molar-refractivity contribution < 1.29 is 4.79 Å². The minimum absolute atomic E-state index is 0.0578. The summed E-state index contributed by atoms with van der Waals surface area (Å²) in [5.74, 6) is 0.864. The lowest BCUT2D eigenvalue weighted by atomic mass is 10.1. The first kappa shape index (κ1) is 14.5. The lowest BCUT2D eigenvalue weighted by Crippen LogP contribution is -2.38. The van der Waals surface area contributed by atoms with Gasteiger partial charge >= 0.3 is 0 Å². The van der Waals surface area contributed by atoms with E-state index < -0.39 is 0 Å². The zero-order chi connectivity index (χ0) is 13.5. The maximum absolute atomic E-state index is 12.3. The van der Waals surface area contributed by atoms with Crippen molar-refractivity contribution in [1.29, 1.82) is 0 Å². The van der Waals surface area contributed by atoms with Crippen LogP contribution in [0.3, 0.4) is 0 Å². The lowest BCUT2D eigenvalue weighted by molar-refractivity contribution is 0.0699. The molecule has 0 bridgehead atoms. The van der Waals surface area contributed by atoms with E-state index in [9.17, 15) is 4.79 Å². The molecule has 0 spiro atoms. The zero-order valence-corrected chi connectivity index (χ0v) is 11.7. The molecule has 0 saturated carbocycles. The predicted molar refractivity (Wildman–Crippen MR) is 74.9 cm³/mol. The van der Waals surface area contributed by atoms with E-state index in [1.807, 2.05) is 30.9 Å². The molecule has 0 aliphatic heterocycles. The quantitative estimate of drug-likeness (QED) is 0.843. The summed E-state index contributed by atoms with van der Waals surface area (Å²) in [4.78, 5) is 18.4. The molecule has 1 heterocycles. The van der Waals surface area contributed by atoms with Crippen molar-refractivity contribution in [3.63, 3.8) is 0 Å². The van der Waals surface area contributed by atoms with Crippen LogP contribution in [0.1, 0.15) is 44.5 Å². The summed E-state index contributed by atoms with van der Waals surface area (Å²) in [7, 11) is 0. The second kappa shape index (κ2) is 6.99. The Labute approximate surface area is 109 Å². The molecule has 0 aromatic carbocycles. The van der Waals surface area contributed by atoms with Gasteiger partial charge in [0.15, 0.2) is 0 Å². The third-order valence-electron chi connectivity index (χ3n) is 3.09. The number of nitrogens with zero attached hydrogens (tertiary/aromatic N) is 2. The number of hydrogen-bond acceptors (Lipinski definition) is 3. The standard InChI is InChI=1S/C14H23N3O/c1-5-11(4)17(7-3)14(18)12-8-9-13(15-6-2)16-10-12/h8-11H,5-7H2,1-4H3,(H,15,16). The first-order chi connectivity index (χ1) is 8.63. The first-order valence-corrected chi connectivity index (χ1v) is 6.64. The fourth-order valence-corrected chi connectivity index (χ4v) is 1.85. The van der Waals surface area contributed by atoms with Crippen molar-refractivity contribution >= 4 is 11.7 Å². The van der Waals surface area contributed by atoms with Crippen LogP contribution in [0.5, 0.6) is 0 Å². The lowest BCUT2D eigenvalue weighted by Gasteiger charge is -2.27. The van der Waals surface area contributed by atoms with Crippen LogP contribution in [-0.4, -0.2) is 34.9 Å². The summed E-state index contributed by atoms with van der Waals surface area (Å²) >= 11 is 0. The number of aromatic nitrogens is 1. The molecule has 1 N–H and O–H groups in total. The van der Waals surface area contributed by atoms with Gasteiger partial charge in [-0.2, -0.15) is 0 Å². The van der Waals surface area contributed by atoms with Crippen molar-refractivity contribution in [3.05, 3.63) is 23.9 Å². The molecule has 0 aliphatic carbocycles. The van der Waals surface area contributed by atoms with Gasteiger partial charge in [-0.3, -0.25) is 4.79 Å². The number of rotatable bonds is 6. The first-order valence-electron chi connectivity index (χ1n) is 6.64. The molecule has 4 nitrogen and oxygen atoms in total. The van der Waals surface area contributed by atoms with Gasteiger partial charge in [0.2, 0.25) is 0 Å². The van der Waals surface area contributed by atoms with Gasteiger partial charge in [0.05, 0.1) is 5.56 Å². The Morgan fingerprint density at radius 1 is 1.39 bits per heavy atom. The summed E-state index contributed by atoms with van der Waals surface area (Å²) in [5, 5.41) is 3.11. The summed E-state index contributed by atoms with van der Waals surface area (Å²) in [6.45, 7) is 9.74. The molecule has 1 aromatic rings. The monoisotopic (exact) mass is 249 g/mol. The second-order valence-electron chi connectivity index (χ2n) is 4.31. The van der Waals surface area contributed by atoms with E-state index in [2.05, 4.69) is 24.1 Å². The van der Waals surface area contributed by atoms with Crippen molar-refractivity contribution in [2.45, 2.75) is 40.2 Å². The molecular weight excluding hydrogens is 226 g/mol. The highest BCUT2D eigenvalue weighted by Gasteiger charge is 2.18. The van der Waals surface area contributed by atoms with Crippen LogP contribution in [0.15, 0.2) is 18.3 Å². The smallest absolute Gasteiger partial charge is 0.255 e. The molecule has 1 atom stereocenters. The molecule has 100 valence electrons. The van der Waals surface area contributed by atoms with Gasteiger partial charge in [-0.25, -0.2) is 4.98 Å². The van der Waals surface area contributed by atoms with Crippen LogP contribution >= 0.6 is 0 Å². The van der Waals surface area contributed by atoms with Crippen LogP contribution in [0.25, 0.3) is 0 Å². The van der Waals surface area contributed by atoms with E-state index >= 15 is 0 Å². The Kier molecular flexibility index (Phi) is 5.62. The molecule has 1 aromatic heterocycles. The Morgan fingerprint density at radius 2 is 2.11 bits per heavy atom. The molecule has 1 amide bonds. The third kappa shape index (κ3) is 3.45. The van der Waals surface area contributed by atoms with E-state index in [0.717, 1.165) is 25.3 Å². The second-order valence-corrected chi connectivity index (χ2v) is 4.31. The van der Waals surface area contributed by atoms with Crippen LogP contribution < -0.4 is 5.32 Å². The molecule has 4 heteroatoms. The van der Waals surface area contributed by atoms with Gasteiger partial charge in [0, 0.05) is 25.3 Å². The van der Waals surface area contributed by atoms with Crippen molar-refractivity contribution in [2.24, 2.45) is 0 Å². The molecule has 1 rings (SSSR count). The number of hydrogen-bond donors (Lipinski definition) is 1. The van der Waals surface area contributed by atoms with Crippen LogP contribution in [-0.2, 0) is 0 Å². The van der Waals surface area contributed by atoms with E-state index in [1.165, 1.54) is 0 Å². The minimum atomic E-state index is 0.0578. The van der Waals surface area contributed by atoms with Crippen molar-refractivity contribution in [1.82, 2.24) is 9.88 Å².